The van der Waals surface area contributed by atoms with Crippen molar-refractivity contribution in [2.75, 3.05) is 0 Å². The maximum absolute atomic E-state index is 12.0. The molecule has 0 spiro atoms. The molecule has 0 saturated carbocycles. The SMILES string of the molecule is C[C@@H](O)[C@H](NS(=O)(=O)c1cc(Br)sc1Br)C(=O)O. The van der Waals surface area contributed by atoms with Crippen LogP contribution in [0.5, 0.6) is 0 Å². The summed E-state index contributed by atoms with van der Waals surface area (Å²) >= 11 is 7.35. The molecule has 18 heavy (non-hydrogen) atoms. The number of nitrogens with one attached hydrogen (secondary N) is 1. The highest BCUT2D eigenvalue weighted by Gasteiger charge is 2.31. The van der Waals surface area contributed by atoms with Gasteiger partial charge in [0.25, 0.3) is 0 Å². The molecule has 0 amide bonds. The van der Waals surface area contributed by atoms with Crippen molar-refractivity contribution >= 4 is 59.2 Å². The molecule has 0 saturated heterocycles. The minimum atomic E-state index is -4.02. The number of carbonyl (C=O) groups is 1. The lowest BCUT2D eigenvalue weighted by atomic mass is 10.2. The van der Waals surface area contributed by atoms with Gasteiger partial charge < -0.3 is 10.2 Å². The number of carboxylic acid groups (broad SMARTS) is 1. The molecule has 0 aromatic carbocycles. The number of rotatable bonds is 5. The first-order valence-electron chi connectivity index (χ1n) is 4.53. The summed E-state index contributed by atoms with van der Waals surface area (Å²) in [5, 5.41) is 18.1. The van der Waals surface area contributed by atoms with Gasteiger partial charge in [-0.25, -0.2) is 8.42 Å². The van der Waals surface area contributed by atoms with E-state index in [9.17, 15) is 18.3 Å². The molecule has 1 aromatic rings. The van der Waals surface area contributed by atoms with Crippen LogP contribution in [0, 0.1) is 0 Å². The third-order valence-electron chi connectivity index (χ3n) is 1.95. The zero-order chi connectivity index (χ0) is 14.1. The number of aliphatic hydroxyl groups is 1. The molecule has 1 rings (SSSR count). The predicted octanol–water partition coefficient (Wildman–Crippen LogP) is 1.39. The molecule has 10 heteroatoms. The quantitative estimate of drug-likeness (QED) is 0.665. The maximum atomic E-state index is 12.0. The van der Waals surface area contributed by atoms with Gasteiger partial charge in [0.15, 0.2) is 0 Å². The molecule has 1 heterocycles. The molecule has 0 fully saturated rings. The molecule has 0 radical (unpaired) electrons. The Morgan fingerprint density at radius 2 is 2.06 bits per heavy atom. The van der Waals surface area contributed by atoms with Crippen LogP contribution in [-0.2, 0) is 14.8 Å². The van der Waals surface area contributed by atoms with Crippen LogP contribution >= 0.6 is 43.2 Å². The summed E-state index contributed by atoms with van der Waals surface area (Å²) in [6.07, 6.45) is -1.35. The Morgan fingerprint density at radius 1 is 1.50 bits per heavy atom. The Bertz CT molecular complexity index is 554. The van der Waals surface area contributed by atoms with Crippen LogP contribution < -0.4 is 4.72 Å². The van der Waals surface area contributed by atoms with Gasteiger partial charge in [0.05, 0.1) is 13.7 Å². The van der Waals surface area contributed by atoms with E-state index in [0.717, 1.165) is 11.3 Å². The Kier molecular flexibility index (Phi) is 5.32. The fraction of sp³-hybridized carbons (Fsp3) is 0.375. The third kappa shape index (κ3) is 3.75. The molecule has 0 aliphatic rings. The number of sulfonamides is 1. The number of thiophene rings is 1. The van der Waals surface area contributed by atoms with Gasteiger partial charge in [-0.3, -0.25) is 4.79 Å². The number of halogens is 2. The fourth-order valence-electron chi connectivity index (χ4n) is 1.09. The molecular weight excluding hydrogens is 414 g/mol. The highest BCUT2D eigenvalue weighted by Crippen LogP contribution is 2.34. The van der Waals surface area contributed by atoms with Crippen molar-refractivity contribution in [1.29, 1.82) is 0 Å². The zero-order valence-corrected chi connectivity index (χ0v) is 13.7. The van der Waals surface area contributed by atoms with Gasteiger partial charge >= 0.3 is 5.97 Å². The summed E-state index contributed by atoms with van der Waals surface area (Å²) in [4.78, 5) is 10.8. The highest BCUT2D eigenvalue weighted by atomic mass is 79.9. The molecule has 102 valence electrons. The van der Waals surface area contributed by atoms with Gasteiger partial charge in [-0.05, 0) is 44.8 Å². The van der Waals surface area contributed by atoms with E-state index in [4.69, 9.17) is 5.11 Å². The molecule has 2 atom stereocenters. The van der Waals surface area contributed by atoms with Crippen LogP contribution in [0.3, 0.4) is 0 Å². The van der Waals surface area contributed by atoms with E-state index in [1.807, 2.05) is 4.72 Å². The van der Waals surface area contributed by atoms with Crippen LogP contribution in [-0.4, -0.2) is 36.7 Å². The summed E-state index contributed by atoms with van der Waals surface area (Å²) in [5.41, 5.74) is 0. The normalized spacial score (nSPS) is 15.3. The minimum Gasteiger partial charge on any atom is -0.480 e. The van der Waals surface area contributed by atoms with Gasteiger partial charge in [0.1, 0.15) is 10.9 Å². The van der Waals surface area contributed by atoms with E-state index in [2.05, 4.69) is 31.9 Å². The van der Waals surface area contributed by atoms with E-state index in [1.165, 1.54) is 13.0 Å². The van der Waals surface area contributed by atoms with Crippen LogP contribution in [0.1, 0.15) is 6.92 Å². The first-order valence-corrected chi connectivity index (χ1v) is 8.41. The molecule has 0 aliphatic heterocycles. The van der Waals surface area contributed by atoms with Crippen LogP contribution in [0.2, 0.25) is 0 Å². The van der Waals surface area contributed by atoms with Gasteiger partial charge in [-0.15, -0.1) is 11.3 Å². The van der Waals surface area contributed by atoms with Gasteiger partial charge in [-0.2, -0.15) is 4.72 Å². The van der Waals surface area contributed by atoms with Crippen molar-refractivity contribution in [3.8, 4) is 0 Å². The second-order valence-electron chi connectivity index (χ2n) is 3.37. The zero-order valence-electron chi connectivity index (χ0n) is 8.92. The van der Waals surface area contributed by atoms with E-state index >= 15 is 0 Å². The number of hydrogen-bond acceptors (Lipinski definition) is 5. The second kappa shape index (κ2) is 5.97. The summed E-state index contributed by atoms with van der Waals surface area (Å²) in [6.45, 7) is 1.19. The lowest BCUT2D eigenvalue weighted by Gasteiger charge is -2.16. The van der Waals surface area contributed by atoms with Crippen molar-refractivity contribution in [1.82, 2.24) is 4.72 Å². The topological polar surface area (TPSA) is 104 Å². The van der Waals surface area contributed by atoms with Crippen molar-refractivity contribution in [2.24, 2.45) is 0 Å². The first kappa shape index (κ1) is 16.1. The Balaban J connectivity index is 3.08. The molecule has 1 aromatic heterocycles. The second-order valence-corrected chi connectivity index (χ2v) is 8.80. The lowest BCUT2D eigenvalue weighted by molar-refractivity contribution is -0.141. The summed E-state index contributed by atoms with van der Waals surface area (Å²) in [7, 11) is -4.02. The molecule has 6 nitrogen and oxygen atoms in total. The number of aliphatic hydroxyl groups excluding tert-OH is 1. The van der Waals surface area contributed by atoms with E-state index in [0.29, 0.717) is 7.57 Å². The lowest BCUT2D eigenvalue weighted by Crippen LogP contribution is -2.47. The van der Waals surface area contributed by atoms with Crippen molar-refractivity contribution < 1.29 is 23.4 Å². The molecule has 0 aliphatic carbocycles. The fourth-order valence-corrected chi connectivity index (χ4v) is 6.17. The maximum Gasteiger partial charge on any atom is 0.324 e. The Morgan fingerprint density at radius 3 is 2.39 bits per heavy atom. The van der Waals surface area contributed by atoms with E-state index < -0.39 is 28.1 Å². The monoisotopic (exact) mass is 421 g/mol. The van der Waals surface area contributed by atoms with Crippen molar-refractivity contribution in [3.05, 3.63) is 13.6 Å². The highest BCUT2D eigenvalue weighted by molar-refractivity contribution is 9.12. The Hall–Kier alpha value is -0.000000000000000111. The van der Waals surface area contributed by atoms with Gasteiger partial charge in [-0.1, -0.05) is 0 Å². The van der Waals surface area contributed by atoms with E-state index in [-0.39, 0.29) is 4.90 Å². The molecular formula is C8H9Br2NO5S2. The van der Waals surface area contributed by atoms with Gasteiger partial charge in [0.2, 0.25) is 10.0 Å². The van der Waals surface area contributed by atoms with Crippen LogP contribution in [0.25, 0.3) is 0 Å². The largest absolute Gasteiger partial charge is 0.480 e. The number of aliphatic carboxylic acids is 1. The summed E-state index contributed by atoms with van der Waals surface area (Å²) in [5.74, 6) is -1.45. The minimum absolute atomic E-state index is 0.0775. The van der Waals surface area contributed by atoms with E-state index in [1.54, 1.807) is 0 Å². The molecule has 0 unspecified atom stereocenters. The first-order chi connectivity index (χ1) is 8.15. The number of carboxylic acids is 1. The number of hydrogen-bond donors (Lipinski definition) is 3. The van der Waals surface area contributed by atoms with Crippen LogP contribution in [0.4, 0.5) is 0 Å². The molecule has 0 bridgehead atoms. The summed E-state index contributed by atoms with van der Waals surface area (Å²) < 4.78 is 26.8. The predicted molar refractivity (Wildman–Crippen MR) is 73.1 cm³/mol. The average Bonchev–Trinajstić information content (AvgIpc) is 2.54. The molecule has 3 N–H and O–H groups in total. The van der Waals surface area contributed by atoms with Crippen molar-refractivity contribution in [3.63, 3.8) is 0 Å². The third-order valence-corrected chi connectivity index (χ3v) is 6.14. The smallest absolute Gasteiger partial charge is 0.324 e. The standard InChI is InChI=1S/C8H9Br2NO5S2/c1-3(12)6(8(13)14)11-18(15,16)4-2-5(9)17-7(4)10/h2-3,6,11-12H,1H3,(H,13,14)/t3-,6+/m1/s1. The average molecular weight is 423 g/mol. The summed E-state index contributed by atoms with van der Waals surface area (Å²) in [6, 6.07) is -0.251. The Labute approximate surface area is 124 Å². The van der Waals surface area contributed by atoms with Crippen LogP contribution in [0.15, 0.2) is 18.5 Å². The van der Waals surface area contributed by atoms with Crippen molar-refractivity contribution in [2.45, 2.75) is 24.0 Å². The van der Waals surface area contributed by atoms with Gasteiger partial charge in [0, 0.05) is 0 Å².